The van der Waals surface area contributed by atoms with Crippen LogP contribution in [-0.4, -0.2) is 48.8 Å². The van der Waals surface area contributed by atoms with Gasteiger partial charge in [0.25, 0.3) is 5.91 Å². The lowest BCUT2D eigenvalue weighted by atomic mass is 10.1. The Morgan fingerprint density at radius 3 is 2.56 bits per heavy atom. The molecule has 0 bridgehead atoms. The van der Waals surface area contributed by atoms with Gasteiger partial charge in [0.15, 0.2) is 0 Å². The first-order valence-corrected chi connectivity index (χ1v) is 9.87. The van der Waals surface area contributed by atoms with E-state index in [2.05, 4.69) is 5.32 Å². The summed E-state index contributed by atoms with van der Waals surface area (Å²) < 4.78 is 26.8. The van der Waals surface area contributed by atoms with E-state index in [0.717, 1.165) is 19.3 Å². The lowest BCUT2D eigenvalue weighted by Crippen LogP contribution is -2.36. The van der Waals surface area contributed by atoms with Crippen LogP contribution in [0.1, 0.15) is 49.4 Å². The van der Waals surface area contributed by atoms with Gasteiger partial charge in [0.05, 0.1) is 4.90 Å². The molecule has 8 heteroatoms. The first-order chi connectivity index (χ1) is 11.8. The van der Waals surface area contributed by atoms with Crippen molar-refractivity contribution in [2.75, 3.05) is 13.1 Å². The summed E-state index contributed by atoms with van der Waals surface area (Å²) in [6, 6.07) is 5.66. The van der Waals surface area contributed by atoms with Crippen LogP contribution in [0.2, 0.25) is 0 Å². The van der Waals surface area contributed by atoms with Crippen LogP contribution in [0.5, 0.6) is 0 Å². The number of benzene rings is 1. The van der Waals surface area contributed by atoms with Crippen LogP contribution < -0.4 is 5.32 Å². The summed E-state index contributed by atoms with van der Waals surface area (Å²) in [6.45, 7) is 2.73. The van der Waals surface area contributed by atoms with Gasteiger partial charge in [0, 0.05) is 31.1 Å². The van der Waals surface area contributed by atoms with Gasteiger partial charge in [-0.05, 0) is 44.4 Å². The molecule has 1 heterocycles. The van der Waals surface area contributed by atoms with Crippen molar-refractivity contribution in [3.8, 4) is 0 Å². The molecular weight excluding hydrogens is 344 g/mol. The maximum absolute atomic E-state index is 12.7. The van der Waals surface area contributed by atoms with Gasteiger partial charge in [0.2, 0.25) is 10.0 Å². The van der Waals surface area contributed by atoms with Crippen LogP contribution in [0.4, 0.5) is 0 Å². The summed E-state index contributed by atoms with van der Waals surface area (Å²) in [5.74, 6) is -1.33. The van der Waals surface area contributed by atoms with E-state index in [4.69, 9.17) is 5.11 Å². The predicted octanol–water partition coefficient (Wildman–Crippen LogP) is 1.84. The van der Waals surface area contributed by atoms with Gasteiger partial charge in [-0.1, -0.05) is 12.5 Å². The number of hydrogen-bond acceptors (Lipinski definition) is 4. The largest absolute Gasteiger partial charge is 0.481 e. The molecule has 1 saturated heterocycles. The number of sulfonamides is 1. The van der Waals surface area contributed by atoms with Crippen LogP contribution in [0.15, 0.2) is 29.2 Å². The summed E-state index contributed by atoms with van der Waals surface area (Å²) in [7, 11) is -3.59. The highest BCUT2D eigenvalue weighted by Crippen LogP contribution is 2.21. The fourth-order valence-electron chi connectivity index (χ4n) is 2.77. The standard InChI is InChI=1S/C17H24N2O5S/c1-13(8-9-16(20)21)18-17(22)14-6-5-7-15(12-14)25(23,24)19-10-3-2-4-11-19/h5-7,12-13H,2-4,8-11H2,1H3,(H,18,22)(H,20,21). The molecule has 2 N–H and O–H groups in total. The molecule has 1 atom stereocenters. The van der Waals surface area contributed by atoms with E-state index in [1.54, 1.807) is 19.1 Å². The van der Waals surface area contributed by atoms with E-state index in [9.17, 15) is 18.0 Å². The molecule has 1 aromatic carbocycles. The highest BCUT2D eigenvalue weighted by molar-refractivity contribution is 7.89. The number of amides is 1. The quantitative estimate of drug-likeness (QED) is 0.764. The predicted molar refractivity (Wildman–Crippen MR) is 92.8 cm³/mol. The normalized spacial score (nSPS) is 17.0. The van der Waals surface area contributed by atoms with Gasteiger partial charge >= 0.3 is 5.97 Å². The molecule has 0 aliphatic carbocycles. The van der Waals surface area contributed by atoms with Gasteiger partial charge in [-0.2, -0.15) is 4.31 Å². The smallest absolute Gasteiger partial charge is 0.303 e. The van der Waals surface area contributed by atoms with Crippen molar-refractivity contribution in [1.82, 2.24) is 9.62 Å². The number of rotatable bonds is 7. The van der Waals surface area contributed by atoms with Crippen molar-refractivity contribution in [2.24, 2.45) is 0 Å². The molecule has 0 radical (unpaired) electrons. The number of carbonyl (C=O) groups is 2. The van der Waals surface area contributed by atoms with E-state index in [1.165, 1.54) is 16.4 Å². The number of nitrogens with zero attached hydrogens (tertiary/aromatic N) is 1. The summed E-state index contributed by atoms with van der Waals surface area (Å²) in [6.07, 6.45) is 3.00. The zero-order valence-electron chi connectivity index (χ0n) is 14.3. The Bertz CT molecular complexity index is 726. The summed E-state index contributed by atoms with van der Waals surface area (Å²) in [5.41, 5.74) is 0.250. The molecule has 0 aromatic heterocycles. The third-order valence-electron chi connectivity index (χ3n) is 4.22. The minimum atomic E-state index is -3.59. The maximum Gasteiger partial charge on any atom is 0.303 e. The first-order valence-electron chi connectivity index (χ1n) is 8.43. The molecule has 138 valence electrons. The maximum atomic E-state index is 12.7. The molecule has 7 nitrogen and oxygen atoms in total. The third-order valence-corrected chi connectivity index (χ3v) is 6.11. The topological polar surface area (TPSA) is 104 Å². The summed E-state index contributed by atoms with van der Waals surface area (Å²) in [4.78, 5) is 23.0. The average Bonchev–Trinajstić information content (AvgIpc) is 2.61. The minimum Gasteiger partial charge on any atom is -0.481 e. The Kier molecular flexibility index (Phi) is 6.55. The van der Waals surface area contributed by atoms with Gasteiger partial charge < -0.3 is 10.4 Å². The van der Waals surface area contributed by atoms with Crippen molar-refractivity contribution in [2.45, 2.75) is 50.0 Å². The van der Waals surface area contributed by atoms with Crippen molar-refractivity contribution in [3.05, 3.63) is 29.8 Å². The monoisotopic (exact) mass is 368 g/mol. The molecule has 1 amide bonds. The molecule has 25 heavy (non-hydrogen) atoms. The minimum absolute atomic E-state index is 0.0369. The Morgan fingerprint density at radius 1 is 1.24 bits per heavy atom. The fourth-order valence-corrected chi connectivity index (χ4v) is 4.33. The van der Waals surface area contributed by atoms with Gasteiger partial charge in [-0.25, -0.2) is 8.42 Å². The van der Waals surface area contributed by atoms with Crippen LogP contribution in [-0.2, 0) is 14.8 Å². The molecule has 1 aliphatic heterocycles. The highest BCUT2D eigenvalue weighted by atomic mass is 32.2. The van der Waals surface area contributed by atoms with Crippen LogP contribution in [0.3, 0.4) is 0 Å². The highest BCUT2D eigenvalue weighted by Gasteiger charge is 2.26. The number of carbonyl (C=O) groups excluding carboxylic acids is 1. The zero-order chi connectivity index (χ0) is 18.4. The second-order valence-corrected chi connectivity index (χ2v) is 8.24. The fraction of sp³-hybridized carbons (Fsp3) is 0.529. The van der Waals surface area contributed by atoms with Crippen LogP contribution in [0, 0.1) is 0 Å². The third kappa shape index (κ3) is 5.27. The molecular formula is C17H24N2O5S. The van der Waals surface area contributed by atoms with E-state index in [0.29, 0.717) is 19.5 Å². The van der Waals surface area contributed by atoms with Gasteiger partial charge in [0.1, 0.15) is 0 Å². The Morgan fingerprint density at radius 2 is 1.92 bits per heavy atom. The number of aliphatic carboxylic acids is 1. The number of carboxylic acid groups (broad SMARTS) is 1. The SMILES string of the molecule is CC(CCC(=O)O)NC(=O)c1cccc(S(=O)(=O)N2CCCCC2)c1. The Balaban J connectivity index is 2.09. The van der Waals surface area contributed by atoms with Gasteiger partial charge in [-0.15, -0.1) is 0 Å². The second kappa shape index (κ2) is 8.44. The van der Waals surface area contributed by atoms with E-state index >= 15 is 0 Å². The van der Waals surface area contributed by atoms with Crippen molar-refractivity contribution in [3.63, 3.8) is 0 Å². The number of hydrogen-bond donors (Lipinski definition) is 2. The van der Waals surface area contributed by atoms with E-state index < -0.39 is 21.9 Å². The zero-order valence-corrected chi connectivity index (χ0v) is 15.1. The molecule has 1 fully saturated rings. The van der Waals surface area contributed by atoms with Crippen molar-refractivity contribution >= 4 is 21.9 Å². The molecule has 1 aromatic rings. The lowest BCUT2D eigenvalue weighted by Gasteiger charge is -2.26. The Labute approximate surface area is 148 Å². The van der Waals surface area contributed by atoms with Crippen LogP contribution in [0.25, 0.3) is 0 Å². The molecule has 2 rings (SSSR count). The van der Waals surface area contributed by atoms with Crippen molar-refractivity contribution < 1.29 is 23.1 Å². The molecule has 0 saturated carbocycles. The van der Waals surface area contributed by atoms with E-state index in [-0.39, 0.29) is 22.9 Å². The Hall–Kier alpha value is -1.93. The molecule has 0 spiro atoms. The molecule has 1 unspecified atom stereocenters. The van der Waals surface area contributed by atoms with E-state index in [1.807, 2.05) is 0 Å². The number of carboxylic acids is 1. The molecule has 1 aliphatic rings. The average molecular weight is 368 g/mol. The van der Waals surface area contributed by atoms with Crippen molar-refractivity contribution in [1.29, 1.82) is 0 Å². The summed E-state index contributed by atoms with van der Waals surface area (Å²) >= 11 is 0. The van der Waals surface area contributed by atoms with Crippen LogP contribution >= 0.6 is 0 Å². The number of piperidine rings is 1. The first kappa shape index (κ1) is 19.4. The van der Waals surface area contributed by atoms with Gasteiger partial charge in [-0.3, -0.25) is 9.59 Å². The number of nitrogens with one attached hydrogen (secondary N) is 1. The lowest BCUT2D eigenvalue weighted by molar-refractivity contribution is -0.137. The second-order valence-electron chi connectivity index (χ2n) is 6.30. The summed E-state index contributed by atoms with van der Waals surface area (Å²) in [5, 5.41) is 11.4.